The first kappa shape index (κ1) is 11.5. The van der Waals surface area contributed by atoms with Crippen LogP contribution in [-0.2, 0) is 4.79 Å². The molecule has 0 aliphatic rings. The van der Waals surface area contributed by atoms with Crippen molar-refractivity contribution in [2.24, 2.45) is 0 Å². The Balaban J connectivity index is 2.99. The van der Waals surface area contributed by atoms with Gasteiger partial charge in [0.15, 0.2) is 0 Å². The molecule has 0 atom stereocenters. The lowest BCUT2D eigenvalue weighted by Crippen LogP contribution is -1.96. The first-order chi connectivity index (χ1) is 7.15. The van der Waals surface area contributed by atoms with Crippen molar-refractivity contribution in [2.45, 2.75) is 6.42 Å². The fraction of sp³-hybridized carbons (Fsp3) is 0.0909. The number of aldehydes is 1. The van der Waals surface area contributed by atoms with Crippen LogP contribution in [0.15, 0.2) is 22.7 Å². The fourth-order valence-corrected chi connectivity index (χ4v) is 1.42. The molecule has 0 fully saturated rings. The molecule has 1 aromatic carbocycles. The van der Waals surface area contributed by atoms with Crippen LogP contribution in [0.4, 0.5) is 0 Å². The van der Waals surface area contributed by atoms with E-state index in [1.165, 1.54) is 12.1 Å². The minimum Gasteiger partial charge on any atom is -0.478 e. The molecular formula is C11H7BrO3. The van der Waals surface area contributed by atoms with Crippen molar-refractivity contribution in [3.63, 3.8) is 0 Å². The Bertz CT molecular complexity index is 455. The molecule has 0 amide bonds. The summed E-state index contributed by atoms with van der Waals surface area (Å²) in [4.78, 5) is 20.7. The molecule has 0 radical (unpaired) electrons. The second-order valence-electron chi connectivity index (χ2n) is 2.67. The van der Waals surface area contributed by atoms with Gasteiger partial charge in [-0.1, -0.05) is 11.8 Å². The van der Waals surface area contributed by atoms with Gasteiger partial charge in [-0.05, 0) is 34.1 Å². The van der Waals surface area contributed by atoms with E-state index in [1.54, 1.807) is 6.07 Å². The normalized spacial score (nSPS) is 8.87. The Hall–Kier alpha value is -1.60. The maximum atomic E-state index is 10.6. The zero-order valence-electron chi connectivity index (χ0n) is 7.66. The van der Waals surface area contributed by atoms with Gasteiger partial charge in [-0.2, -0.15) is 0 Å². The summed E-state index contributed by atoms with van der Waals surface area (Å²) in [5, 5.41) is 8.71. The number of hydrogen-bond donors (Lipinski definition) is 1. The van der Waals surface area contributed by atoms with Gasteiger partial charge >= 0.3 is 5.97 Å². The van der Waals surface area contributed by atoms with Crippen LogP contribution in [0.3, 0.4) is 0 Å². The third-order valence-corrected chi connectivity index (χ3v) is 2.28. The summed E-state index contributed by atoms with van der Waals surface area (Å²) in [6.45, 7) is 0. The number of rotatable bonds is 2. The maximum Gasteiger partial charge on any atom is 0.335 e. The molecule has 4 heteroatoms. The SMILES string of the molecule is O=CCC#Cc1ccc(C(=O)O)cc1Br. The van der Waals surface area contributed by atoms with Crippen molar-refractivity contribution in [1.82, 2.24) is 0 Å². The number of carbonyl (C=O) groups excluding carboxylic acids is 1. The molecular weight excluding hydrogens is 260 g/mol. The van der Waals surface area contributed by atoms with Crippen LogP contribution < -0.4 is 0 Å². The molecule has 0 saturated carbocycles. The highest BCUT2D eigenvalue weighted by atomic mass is 79.9. The van der Waals surface area contributed by atoms with E-state index in [1.807, 2.05) is 0 Å². The van der Waals surface area contributed by atoms with Crippen LogP contribution >= 0.6 is 15.9 Å². The number of carboxylic acid groups (broad SMARTS) is 1. The molecule has 1 aromatic rings. The van der Waals surface area contributed by atoms with E-state index in [0.29, 0.717) is 16.3 Å². The first-order valence-electron chi connectivity index (χ1n) is 4.10. The van der Waals surface area contributed by atoms with Crippen molar-refractivity contribution in [2.75, 3.05) is 0 Å². The third kappa shape index (κ3) is 3.22. The highest BCUT2D eigenvalue weighted by Gasteiger charge is 2.04. The Morgan fingerprint density at radius 2 is 2.27 bits per heavy atom. The van der Waals surface area contributed by atoms with E-state index in [9.17, 15) is 9.59 Å². The first-order valence-corrected chi connectivity index (χ1v) is 4.90. The van der Waals surface area contributed by atoms with Gasteiger partial charge in [-0.15, -0.1) is 0 Å². The summed E-state index contributed by atoms with van der Waals surface area (Å²) >= 11 is 3.21. The summed E-state index contributed by atoms with van der Waals surface area (Å²) in [5.41, 5.74) is 0.865. The average molecular weight is 267 g/mol. The fourth-order valence-electron chi connectivity index (χ4n) is 0.937. The van der Waals surface area contributed by atoms with Crippen molar-refractivity contribution in [3.05, 3.63) is 33.8 Å². The standard InChI is InChI=1S/C11H7BrO3/c12-10-7-9(11(14)15)5-4-8(10)3-1-2-6-13/h4-7H,2H2,(H,14,15). The van der Waals surface area contributed by atoms with Crippen molar-refractivity contribution in [1.29, 1.82) is 0 Å². The molecule has 0 unspecified atom stereocenters. The van der Waals surface area contributed by atoms with Gasteiger partial charge in [0, 0.05) is 10.0 Å². The second-order valence-corrected chi connectivity index (χ2v) is 3.53. The number of halogens is 1. The van der Waals surface area contributed by atoms with Crippen molar-refractivity contribution in [3.8, 4) is 11.8 Å². The van der Waals surface area contributed by atoms with E-state index in [2.05, 4.69) is 27.8 Å². The molecule has 0 aliphatic heterocycles. The monoisotopic (exact) mass is 266 g/mol. The van der Waals surface area contributed by atoms with E-state index < -0.39 is 5.97 Å². The lowest BCUT2D eigenvalue weighted by molar-refractivity contribution is -0.107. The lowest BCUT2D eigenvalue weighted by atomic mass is 10.1. The number of hydrogen-bond acceptors (Lipinski definition) is 2. The topological polar surface area (TPSA) is 54.4 Å². The van der Waals surface area contributed by atoms with Crippen LogP contribution in [0, 0.1) is 11.8 Å². The van der Waals surface area contributed by atoms with Gasteiger partial charge < -0.3 is 9.90 Å². The Morgan fingerprint density at radius 3 is 2.80 bits per heavy atom. The van der Waals surface area contributed by atoms with E-state index >= 15 is 0 Å². The highest BCUT2D eigenvalue weighted by Crippen LogP contribution is 2.17. The zero-order chi connectivity index (χ0) is 11.3. The third-order valence-electron chi connectivity index (χ3n) is 1.62. The lowest BCUT2D eigenvalue weighted by Gasteiger charge is -1.98. The Morgan fingerprint density at radius 1 is 1.53 bits per heavy atom. The quantitative estimate of drug-likeness (QED) is 0.659. The van der Waals surface area contributed by atoms with Crippen LogP contribution in [0.25, 0.3) is 0 Å². The van der Waals surface area contributed by atoms with Gasteiger partial charge in [0.1, 0.15) is 6.29 Å². The van der Waals surface area contributed by atoms with Gasteiger partial charge in [-0.3, -0.25) is 0 Å². The molecule has 0 aliphatic carbocycles. The molecule has 0 spiro atoms. The van der Waals surface area contributed by atoms with Crippen LogP contribution in [0.5, 0.6) is 0 Å². The van der Waals surface area contributed by atoms with Crippen LogP contribution in [-0.4, -0.2) is 17.4 Å². The van der Waals surface area contributed by atoms with E-state index in [4.69, 9.17) is 5.11 Å². The maximum absolute atomic E-state index is 10.6. The molecule has 0 heterocycles. The molecule has 3 nitrogen and oxygen atoms in total. The van der Waals surface area contributed by atoms with Gasteiger partial charge in [0.25, 0.3) is 0 Å². The number of aromatic carboxylic acids is 1. The average Bonchev–Trinajstić information content (AvgIpc) is 2.20. The molecule has 1 N–H and O–H groups in total. The molecule has 76 valence electrons. The predicted octanol–water partition coefficient (Wildman–Crippen LogP) is 2.09. The zero-order valence-corrected chi connectivity index (χ0v) is 9.24. The number of benzene rings is 1. The van der Waals surface area contributed by atoms with E-state index in [0.717, 1.165) is 0 Å². The summed E-state index contributed by atoms with van der Waals surface area (Å²) in [5.74, 6) is 4.42. The van der Waals surface area contributed by atoms with Crippen LogP contribution in [0.2, 0.25) is 0 Å². The minimum absolute atomic E-state index is 0.174. The molecule has 0 aromatic heterocycles. The largest absolute Gasteiger partial charge is 0.478 e. The smallest absolute Gasteiger partial charge is 0.335 e. The van der Waals surface area contributed by atoms with Gasteiger partial charge in [0.2, 0.25) is 0 Å². The highest BCUT2D eigenvalue weighted by molar-refractivity contribution is 9.10. The van der Waals surface area contributed by atoms with Crippen molar-refractivity contribution >= 4 is 28.2 Å². The van der Waals surface area contributed by atoms with Gasteiger partial charge in [0.05, 0.1) is 12.0 Å². The molecule has 1 rings (SSSR count). The Kier molecular flexibility index (Phi) is 4.07. The summed E-state index contributed by atoms with van der Waals surface area (Å²) in [6.07, 6.45) is 0.889. The molecule has 0 bridgehead atoms. The summed E-state index contributed by atoms with van der Waals surface area (Å²) < 4.78 is 0.612. The summed E-state index contributed by atoms with van der Waals surface area (Å²) in [6, 6.07) is 4.55. The number of carbonyl (C=O) groups is 2. The molecule has 15 heavy (non-hydrogen) atoms. The number of carboxylic acids is 1. The Labute approximate surface area is 95.2 Å². The summed E-state index contributed by atoms with van der Waals surface area (Å²) in [7, 11) is 0. The van der Waals surface area contributed by atoms with Crippen LogP contribution in [0.1, 0.15) is 22.3 Å². The minimum atomic E-state index is -0.983. The molecule has 0 saturated heterocycles. The predicted molar refractivity (Wildman–Crippen MR) is 58.7 cm³/mol. The van der Waals surface area contributed by atoms with E-state index in [-0.39, 0.29) is 12.0 Å². The van der Waals surface area contributed by atoms with Gasteiger partial charge in [-0.25, -0.2) is 4.79 Å². The second kappa shape index (κ2) is 5.32. The van der Waals surface area contributed by atoms with Crippen molar-refractivity contribution < 1.29 is 14.7 Å².